The fourth-order valence-corrected chi connectivity index (χ4v) is 1.80. The van der Waals surface area contributed by atoms with Gasteiger partial charge in [0, 0.05) is 17.8 Å². The molecule has 2 rings (SSSR count). The van der Waals surface area contributed by atoms with Gasteiger partial charge in [0.15, 0.2) is 0 Å². The third kappa shape index (κ3) is 4.53. The molecule has 0 saturated heterocycles. The second kappa shape index (κ2) is 6.47. The molecule has 0 aliphatic carbocycles. The molecule has 0 bridgehead atoms. The predicted molar refractivity (Wildman–Crippen MR) is 75.7 cm³/mol. The van der Waals surface area contributed by atoms with Gasteiger partial charge in [-0.15, -0.1) is 13.2 Å². The third-order valence-corrected chi connectivity index (χ3v) is 2.78. The molecule has 0 fully saturated rings. The van der Waals surface area contributed by atoms with Gasteiger partial charge >= 0.3 is 6.36 Å². The van der Waals surface area contributed by atoms with E-state index < -0.39 is 18.0 Å². The molecule has 0 aromatic heterocycles. The molecule has 5 nitrogen and oxygen atoms in total. The fraction of sp³-hybridized carbons (Fsp3) is 0.133. The average molecular weight is 327 g/mol. The number of methoxy groups -OCH3 is 1. The quantitative estimate of drug-likeness (QED) is 0.901. The van der Waals surface area contributed by atoms with Gasteiger partial charge in [-0.25, -0.2) is 0 Å². The highest BCUT2D eigenvalue weighted by atomic mass is 19.4. The number of phenolic OH excluding ortho intramolecular Hbond substituents is 1. The molecule has 8 heteroatoms. The molecule has 1 amide bonds. The molecule has 2 aromatic carbocycles. The maximum Gasteiger partial charge on any atom is 0.573 e. The molecular formula is C15H12F3NO4. The fourth-order valence-electron chi connectivity index (χ4n) is 1.80. The summed E-state index contributed by atoms with van der Waals surface area (Å²) in [6, 6.07) is 8.86. The van der Waals surface area contributed by atoms with Crippen LogP contribution in [0.15, 0.2) is 42.5 Å². The van der Waals surface area contributed by atoms with Gasteiger partial charge in [0.05, 0.1) is 12.7 Å². The number of phenols is 1. The van der Waals surface area contributed by atoms with E-state index in [4.69, 9.17) is 4.74 Å². The number of alkyl halides is 3. The Morgan fingerprint density at radius 1 is 1.13 bits per heavy atom. The highest BCUT2D eigenvalue weighted by Gasteiger charge is 2.31. The van der Waals surface area contributed by atoms with Crippen molar-refractivity contribution in [1.82, 2.24) is 0 Å². The number of carbonyl (C=O) groups is 1. The van der Waals surface area contributed by atoms with Gasteiger partial charge in [0.2, 0.25) is 0 Å². The lowest BCUT2D eigenvalue weighted by Crippen LogP contribution is -2.17. The van der Waals surface area contributed by atoms with Crippen molar-refractivity contribution in [3.8, 4) is 17.2 Å². The number of benzene rings is 2. The first-order valence-corrected chi connectivity index (χ1v) is 6.32. The van der Waals surface area contributed by atoms with E-state index in [1.165, 1.54) is 37.4 Å². The second-order valence-corrected chi connectivity index (χ2v) is 4.41. The van der Waals surface area contributed by atoms with Crippen molar-refractivity contribution in [2.24, 2.45) is 0 Å². The number of anilines is 1. The monoisotopic (exact) mass is 327 g/mol. The number of nitrogens with one attached hydrogen (secondary N) is 1. The zero-order valence-electron chi connectivity index (χ0n) is 11.8. The number of hydrogen-bond acceptors (Lipinski definition) is 4. The number of ether oxygens (including phenoxy) is 2. The van der Waals surface area contributed by atoms with E-state index in [0.29, 0.717) is 5.75 Å². The number of carbonyl (C=O) groups excluding carboxylic acids is 1. The Balaban J connectivity index is 2.16. The van der Waals surface area contributed by atoms with Crippen LogP contribution in [-0.2, 0) is 0 Å². The Labute approximate surface area is 129 Å². The first-order valence-electron chi connectivity index (χ1n) is 6.32. The van der Waals surface area contributed by atoms with Crippen molar-refractivity contribution in [1.29, 1.82) is 0 Å². The zero-order valence-corrected chi connectivity index (χ0v) is 11.8. The molecule has 0 atom stereocenters. The standard InChI is InChI=1S/C15H12F3NO4/c1-22-10-5-6-12(13(20)8-10)14(21)19-9-3-2-4-11(7-9)23-15(16,17)18/h2-8,20H,1H3,(H,19,21). The van der Waals surface area contributed by atoms with Gasteiger partial charge in [0.1, 0.15) is 17.2 Å². The molecule has 0 spiro atoms. The topological polar surface area (TPSA) is 67.8 Å². The lowest BCUT2D eigenvalue weighted by molar-refractivity contribution is -0.274. The summed E-state index contributed by atoms with van der Waals surface area (Å²) in [5.74, 6) is -1.10. The molecule has 2 aromatic rings. The van der Waals surface area contributed by atoms with Crippen molar-refractivity contribution < 1.29 is 32.5 Å². The Morgan fingerprint density at radius 2 is 1.87 bits per heavy atom. The average Bonchev–Trinajstić information content (AvgIpc) is 2.45. The van der Waals surface area contributed by atoms with Crippen molar-refractivity contribution in [3.63, 3.8) is 0 Å². The highest BCUT2D eigenvalue weighted by Crippen LogP contribution is 2.27. The minimum atomic E-state index is -4.82. The summed E-state index contributed by atoms with van der Waals surface area (Å²) in [7, 11) is 1.40. The Kier molecular flexibility index (Phi) is 4.63. The van der Waals surface area contributed by atoms with Crippen LogP contribution in [0.4, 0.5) is 18.9 Å². The summed E-state index contributed by atoms with van der Waals surface area (Å²) in [4.78, 5) is 12.1. The van der Waals surface area contributed by atoms with E-state index in [1.54, 1.807) is 0 Å². The first kappa shape index (κ1) is 16.5. The summed E-state index contributed by atoms with van der Waals surface area (Å²) in [5.41, 5.74) is 0.0416. The van der Waals surface area contributed by atoms with Gasteiger partial charge < -0.3 is 19.9 Å². The van der Waals surface area contributed by atoms with Gasteiger partial charge in [-0.2, -0.15) is 0 Å². The first-order chi connectivity index (χ1) is 10.8. The minimum Gasteiger partial charge on any atom is -0.507 e. The molecule has 23 heavy (non-hydrogen) atoms. The lowest BCUT2D eigenvalue weighted by Gasteiger charge is -2.11. The Morgan fingerprint density at radius 3 is 2.48 bits per heavy atom. The SMILES string of the molecule is COc1ccc(C(=O)Nc2cccc(OC(F)(F)F)c2)c(O)c1. The molecule has 2 N–H and O–H groups in total. The summed E-state index contributed by atoms with van der Waals surface area (Å²) < 4.78 is 45.2. The number of hydrogen-bond donors (Lipinski definition) is 2. The lowest BCUT2D eigenvalue weighted by atomic mass is 10.1. The largest absolute Gasteiger partial charge is 0.573 e. The van der Waals surface area contributed by atoms with E-state index in [0.717, 1.165) is 12.1 Å². The third-order valence-electron chi connectivity index (χ3n) is 2.78. The summed E-state index contributed by atoms with van der Waals surface area (Å²) in [5, 5.41) is 12.1. The maximum absolute atomic E-state index is 12.2. The van der Waals surface area contributed by atoms with Gasteiger partial charge in [-0.3, -0.25) is 4.79 Å². The normalized spacial score (nSPS) is 11.0. The summed E-state index contributed by atoms with van der Waals surface area (Å²) >= 11 is 0. The van der Waals surface area contributed by atoms with Crippen LogP contribution < -0.4 is 14.8 Å². The number of halogens is 3. The molecule has 0 aliphatic rings. The number of amides is 1. The van der Waals surface area contributed by atoms with Crippen molar-refractivity contribution >= 4 is 11.6 Å². The van der Waals surface area contributed by atoms with Crippen LogP contribution in [0.2, 0.25) is 0 Å². The van der Waals surface area contributed by atoms with Crippen LogP contribution >= 0.6 is 0 Å². The van der Waals surface area contributed by atoms with Crippen LogP contribution in [0.25, 0.3) is 0 Å². The van der Waals surface area contributed by atoms with E-state index in [2.05, 4.69) is 10.1 Å². The van der Waals surface area contributed by atoms with Crippen LogP contribution in [-0.4, -0.2) is 24.5 Å². The summed E-state index contributed by atoms with van der Waals surface area (Å²) in [6.45, 7) is 0. The van der Waals surface area contributed by atoms with Gasteiger partial charge in [0.25, 0.3) is 5.91 Å². The maximum atomic E-state index is 12.2. The molecule has 0 radical (unpaired) electrons. The predicted octanol–water partition coefficient (Wildman–Crippen LogP) is 3.55. The molecule has 122 valence electrons. The second-order valence-electron chi connectivity index (χ2n) is 4.41. The van der Waals surface area contributed by atoms with Crippen LogP contribution in [0.5, 0.6) is 17.2 Å². The zero-order chi connectivity index (χ0) is 17.0. The molecular weight excluding hydrogens is 315 g/mol. The van der Waals surface area contributed by atoms with Crippen LogP contribution in [0.1, 0.15) is 10.4 Å². The van der Waals surface area contributed by atoms with Crippen molar-refractivity contribution in [2.45, 2.75) is 6.36 Å². The molecule has 0 aliphatic heterocycles. The van der Waals surface area contributed by atoms with E-state index in [-0.39, 0.29) is 17.0 Å². The Bertz CT molecular complexity index is 716. The smallest absolute Gasteiger partial charge is 0.507 e. The summed E-state index contributed by atoms with van der Waals surface area (Å²) in [6.07, 6.45) is -4.82. The molecule has 0 saturated carbocycles. The van der Waals surface area contributed by atoms with Gasteiger partial charge in [-0.1, -0.05) is 6.07 Å². The van der Waals surface area contributed by atoms with Gasteiger partial charge in [-0.05, 0) is 24.3 Å². The van der Waals surface area contributed by atoms with Crippen LogP contribution in [0.3, 0.4) is 0 Å². The Hall–Kier alpha value is -2.90. The van der Waals surface area contributed by atoms with E-state index >= 15 is 0 Å². The number of rotatable bonds is 4. The van der Waals surface area contributed by atoms with E-state index in [1.807, 2.05) is 0 Å². The number of aromatic hydroxyl groups is 1. The highest BCUT2D eigenvalue weighted by molar-refractivity contribution is 6.06. The van der Waals surface area contributed by atoms with Crippen molar-refractivity contribution in [2.75, 3.05) is 12.4 Å². The molecule has 0 unspecified atom stereocenters. The van der Waals surface area contributed by atoms with Crippen molar-refractivity contribution in [3.05, 3.63) is 48.0 Å². The van der Waals surface area contributed by atoms with E-state index in [9.17, 15) is 23.1 Å². The molecule has 0 heterocycles. The minimum absolute atomic E-state index is 0.0482. The van der Waals surface area contributed by atoms with Crippen LogP contribution in [0, 0.1) is 0 Å².